The second-order valence-corrected chi connectivity index (χ2v) is 5.24. The first-order valence-corrected chi connectivity index (χ1v) is 6.00. The third-order valence-corrected chi connectivity index (χ3v) is 2.90. The van der Waals surface area contributed by atoms with Crippen LogP contribution in [0.4, 0.5) is 5.69 Å². The topological polar surface area (TPSA) is 62.7 Å². The largest absolute Gasteiger partial charge is 0.476 e. The summed E-state index contributed by atoms with van der Waals surface area (Å²) in [5, 5.41) is 9.17. The molecule has 2 rings (SSSR count). The Balaban J connectivity index is 2.34. The van der Waals surface area contributed by atoms with Gasteiger partial charge < -0.3 is 14.7 Å². The smallest absolute Gasteiger partial charge is 0.356 e. The number of nitrogens with zero attached hydrogens (tertiary/aromatic N) is 2. The highest BCUT2D eigenvalue weighted by molar-refractivity contribution is 5.92. The number of anilines is 1. The molecular weight excluding hydrogens is 232 g/mol. The molecule has 0 amide bonds. The van der Waals surface area contributed by atoms with E-state index in [1.165, 1.54) is 6.20 Å². The van der Waals surface area contributed by atoms with Crippen LogP contribution in [0.2, 0.25) is 0 Å². The van der Waals surface area contributed by atoms with Crippen LogP contribution >= 0.6 is 0 Å². The van der Waals surface area contributed by atoms with Gasteiger partial charge in [-0.2, -0.15) is 0 Å². The van der Waals surface area contributed by atoms with Gasteiger partial charge in [0.2, 0.25) is 0 Å². The van der Waals surface area contributed by atoms with Gasteiger partial charge in [-0.25, -0.2) is 9.78 Å². The molecular formula is C13H18N2O3. The molecule has 1 aromatic heterocycles. The zero-order valence-electron chi connectivity index (χ0n) is 10.9. The van der Waals surface area contributed by atoms with E-state index in [9.17, 15) is 9.90 Å². The lowest BCUT2D eigenvalue weighted by atomic mass is 10.0. The van der Waals surface area contributed by atoms with Crippen molar-refractivity contribution in [2.75, 3.05) is 18.0 Å². The highest BCUT2D eigenvalue weighted by atomic mass is 16.5. The standard InChI is InChI=1S/C13H18N2O3/c1-9-7-15(8-13(2,3)18-9)10-5-4-6-14-11(10)12(16)17/h4-6,9H,7-8H2,1-3H3,(H,16,17). The first-order valence-electron chi connectivity index (χ1n) is 6.00. The van der Waals surface area contributed by atoms with Crippen molar-refractivity contribution in [2.45, 2.75) is 32.5 Å². The van der Waals surface area contributed by atoms with E-state index >= 15 is 0 Å². The van der Waals surface area contributed by atoms with Gasteiger partial charge in [-0.1, -0.05) is 0 Å². The molecule has 1 unspecified atom stereocenters. The van der Waals surface area contributed by atoms with E-state index in [0.29, 0.717) is 18.8 Å². The van der Waals surface area contributed by atoms with Gasteiger partial charge in [0.05, 0.1) is 17.4 Å². The summed E-state index contributed by atoms with van der Waals surface area (Å²) in [6, 6.07) is 3.56. The van der Waals surface area contributed by atoms with E-state index in [4.69, 9.17) is 4.74 Å². The molecule has 1 aliphatic rings. The Kier molecular flexibility index (Phi) is 3.26. The zero-order chi connectivity index (χ0) is 13.3. The fourth-order valence-electron chi connectivity index (χ4n) is 2.45. The molecule has 2 heterocycles. The second-order valence-electron chi connectivity index (χ2n) is 5.24. The molecule has 98 valence electrons. The summed E-state index contributed by atoms with van der Waals surface area (Å²) < 4.78 is 5.82. The van der Waals surface area contributed by atoms with E-state index in [1.54, 1.807) is 12.1 Å². The highest BCUT2D eigenvalue weighted by Gasteiger charge is 2.33. The number of carboxylic acids is 1. The fraction of sp³-hybridized carbons (Fsp3) is 0.538. The zero-order valence-corrected chi connectivity index (χ0v) is 10.9. The van der Waals surface area contributed by atoms with Gasteiger partial charge in [0.25, 0.3) is 0 Å². The van der Waals surface area contributed by atoms with Gasteiger partial charge in [-0.05, 0) is 32.9 Å². The molecule has 1 atom stereocenters. The van der Waals surface area contributed by atoms with Crippen molar-refractivity contribution in [1.29, 1.82) is 0 Å². The monoisotopic (exact) mass is 250 g/mol. The quantitative estimate of drug-likeness (QED) is 0.867. The van der Waals surface area contributed by atoms with Gasteiger partial charge in [-0.15, -0.1) is 0 Å². The van der Waals surface area contributed by atoms with Gasteiger partial charge >= 0.3 is 5.97 Å². The summed E-state index contributed by atoms with van der Waals surface area (Å²) in [5.74, 6) is -0.998. The number of morpholine rings is 1. The van der Waals surface area contributed by atoms with Crippen molar-refractivity contribution in [3.8, 4) is 0 Å². The number of hydrogen-bond acceptors (Lipinski definition) is 4. The summed E-state index contributed by atoms with van der Waals surface area (Å²) in [5.41, 5.74) is 0.471. The molecule has 1 N–H and O–H groups in total. The normalized spacial score (nSPS) is 22.8. The van der Waals surface area contributed by atoms with Crippen LogP contribution in [0, 0.1) is 0 Å². The summed E-state index contributed by atoms with van der Waals surface area (Å²) in [6.07, 6.45) is 1.57. The first kappa shape index (κ1) is 12.8. The lowest BCUT2D eigenvalue weighted by Gasteiger charge is -2.43. The third-order valence-electron chi connectivity index (χ3n) is 2.90. The van der Waals surface area contributed by atoms with Gasteiger partial charge in [0, 0.05) is 19.3 Å². The molecule has 18 heavy (non-hydrogen) atoms. The van der Waals surface area contributed by atoms with Crippen LogP contribution < -0.4 is 4.90 Å². The highest BCUT2D eigenvalue weighted by Crippen LogP contribution is 2.27. The summed E-state index contributed by atoms with van der Waals surface area (Å²) in [4.78, 5) is 17.2. The van der Waals surface area contributed by atoms with Gasteiger partial charge in [-0.3, -0.25) is 0 Å². The van der Waals surface area contributed by atoms with Crippen molar-refractivity contribution >= 4 is 11.7 Å². The molecule has 0 spiro atoms. The Morgan fingerprint density at radius 2 is 2.33 bits per heavy atom. The Bertz CT molecular complexity index is 459. The minimum absolute atomic E-state index is 0.0654. The molecule has 0 bridgehead atoms. The predicted molar refractivity (Wildman–Crippen MR) is 68.0 cm³/mol. The van der Waals surface area contributed by atoms with Crippen LogP contribution in [0.5, 0.6) is 0 Å². The third kappa shape index (κ3) is 2.61. The van der Waals surface area contributed by atoms with Crippen LogP contribution in [0.25, 0.3) is 0 Å². The van der Waals surface area contributed by atoms with E-state index in [1.807, 2.05) is 25.7 Å². The van der Waals surface area contributed by atoms with Crippen molar-refractivity contribution in [3.63, 3.8) is 0 Å². The summed E-state index contributed by atoms with van der Waals surface area (Å²) in [7, 11) is 0. The minimum atomic E-state index is -0.998. The Morgan fingerprint density at radius 1 is 1.61 bits per heavy atom. The molecule has 1 aromatic rings. The van der Waals surface area contributed by atoms with Crippen LogP contribution in [0.3, 0.4) is 0 Å². The number of pyridine rings is 1. The van der Waals surface area contributed by atoms with Crippen LogP contribution in [-0.2, 0) is 4.74 Å². The first-order chi connectivity index (χ1) is 8.39. The summed E-state index contributed by atoms with van der Waals surface area (Å²) >= 11 is 0. The number of aromatic nitrogens is 1. The number of carbonyl (C=O) groups is 1. The molecule has 1 fully saturated rings. The maximum Gasteiger partial charge on any atom is 0.356 e. The van der Waals surface area contributed by atoms with Crippen LogP contribution in [0.15, 0.2) is 18.3 Å². The maximum absolute atomic E-state index is 11.2. The molecule has 1 aliphatic heterocycles. The van der Waals surface area contributed by atoms with Gasteiger partial charge in [0.15, 0.2) is 5.69 Å². The molecule has 0 radical (unpaired) electrons. The number of hydrogen-bond donors (Lipinski definition) is 1. The SMILES string of the molecule is CC1CN(c2cccnc2C(=O)O)CC(C)(C)O1. The van der Waals surface area contributed by atoms with Crippen molar-refractivity contribution < 1.29 is 14.6 Å². The lowest BCUT2D eigenvalue weighted by molar-refractivity contribution is -0.0750. The molecule has 0 saturated carbocycles. The average Bonchev–Trinajstić information content (AvgIpc) is 2.26. The van der Waals surface area contributed by atoms with E-state index in [0.717, 1.165) is 0 Å². The maximum atomic E-state index is 11.2. The minimum Gasteiger partial charge on any atom is -0.476 e. The number of aromatic carboxylic acids is 1. The lowest BCUT2D eigenvalue weighted by Crippen LogP contribution is -2.52. The second kappa shape index (κ2) is 4.57. The van der Waals surface area contributed by atoms with E-state index in [2.05, 4.69) is 4.98 Å². The van der Waals surface area contributed by atoms with Crippen LogP contribution in [-0.4, -0.2) is 40.9 Å². The number of ether oxygens (including phenoxy) is 1. The fourth-order valence-corrected chi connectivity index (χ4v) is 2.45. The predicted octanol–water partition coefficient (Wildman–Crippen LogP) is 1.78. The van der Waals surface area contributed by atoms with Crippen molar-refractivity contribution in [3.05, 3.63) is 24.0 Å². The Hall–Kier alpha value is -1.62. The average molecular weight is 250 g/mol. The number of carboxylic acid groups (broad SMARTS) is 1. The Labute approximate surface area is 106 Å². The molecule has 0 aliphatic carbocycles. The van der Waals surface area contributed by atoms with Crippen LogP contribution in [0.1, 0.15) is 31.3 Å². The van der Waals surface area contributed by atoms with E-state index in [-0.39, 0.29) is 17.4 Å². The molecule has 0 aromatic carbocycles. The number of rotatable bonds is 2. The van der Waals surface area contributed by atoms with Gasteiger partial charge in [0.1, 0.15) is 0 Å². The Morgan fingerprint density at radius 3 is 2.94 bits per heavy atom. The molecule has 5 heteroatoms. The van der Waals surface area contributed by atoms with Crippen molar-refractivity contribution in [1.82, 2.24) is 4.98 Å². The molecule has 5 nitrogen and oxygen atoms in total. The van der Waals surface area contributed by atoms with E-state index < -0.39 is 5.97 Å². The molecule has 1 saturated heterocycles. The van der Waals surface area contributed by atoms with Crippen molar-refractivity contribution in [2.24, 2.45) is 0 Å². The summed E-state index contributed by atoms with van der Waals surface area (Å²) in [6.45, 7) is 7.34.